The van der Waals surface area contributed by atoms with Gasteiger partial charge >= 0.3 is 6.18 Å². The first-order valence-electron chi connectivity index (χ1n) is 9.34. The van der Waals surface area contributed by atoms with Gasteiger partial charge in [-0.3, -0.25) is 9.59 Å². The van der Waals surface area contributed by atoms with E-state index in [9.17, 15) is 27.2 Å². The first-order chi connectivity index (χ1) is 13.7. The number of hydrogen-bond acceptors (Lipinski definition) is 2. The van der Waals surface area contributed by atoms with Crippen molar-refractivity contribution in [3.63, 3.8) is 0 Å². The molecule has 1 aliphatic heterocycles. The molecule has 1 atom stereocenters. The fraction of sp³-hybridized carbons (Fsp3) is 0.333. The number of alkyl halides is 3. The molecule has 0 spiro atoms. The Morgan fingerprint density at radius 1 is 1.07 bits per heavy atom. The van der Waals surface area contributed by atoms with Gasteiger partial charge in [0, 0.05) is 29.3 Å². The molecule has 1 aromatic carbocycles. The first-order valence-corrected chi connectivity index (χ1v) is 9.34. The summed E-state index contributed by atoms with van der Waals surface area (Å²) < 4.78 is 53.3. The van der Waals surface area contributed by atoms with Gasteiger partial charge in [0.2, 0.25) is 5.91 Å². The van der Waals surface area contributed by atoms with E-state index >= 15 is 0 Å². The lowest BCUT2D eigenvalue weighted by Crippen LogP contribution is -2.24. The van der Waals surface area contributed by atoms with Crippen LogP contribution < -0.4 is 10.9 Å². The highest BCUT2D eigenvalue weighted by atomic mass is 19.4. The van der Waals surface area contributed by atoms with Crippen molar-refractivity contribution in [3.8, 4) is 0 Å². The molecule has 1 amide bonds. The minimum absolute atomic E-state index is 0.106. The monoisotopic (exact) mass is 406 g/mol. The molecule has 1 aliphatic carbocycles. The molecular weight excluding hydrogens is 388 g/mol. The van der Waals surface area contributed by atoms with Crippen LogP contribution >= 0.6 is 0 Å². The molecule has 152 valence electrons. The number of H-pyrrole nitrogens is 1. The molecule has 2 fully saturated rings. The van der Waals surface area contributed by atoms with Crippen molar-refractivity contribution >= 4 is 11.5 Å². The molecule has 2 N–H and O–H groups in total. The normalized spacial score (nSPS) is 20.1. The van der Waals surface area contributed by atoms with Crippen molar-refractivity contribution < 1.29 is 22.4 Å². The van der Waals surface area contributed by atoms with Crippen LogP contribution in [0.1, 0.15) is 54.0 Å². The highest BCUT2D eigenvalue weighted by Crippen LogP contribution is 2.39. The molecule has 29 heavy (non-hydrogen) atoms. The van der Waals surface area contributed by atoms with Gasteiger partial charge in [0.25, 0.3) is 5.56 Å². The molecule has 0 bridgehead atoms. The second-order valence-electron chi connectivity index (χ2n) is 7.42. The summed E-state index contributed by atoms with van der Waals surface area (Å²) in [5.74, 6) is -1.30. The van der Waals surface area contributed by atoms with E-state index < -0.39 is 17.6 Å². The zero-order valence-corrected chi connectivity index (χ0v) is 15.3. The Balaban J connectivity index is 1.81. The summed E-state index contributed by atoms with van der Waals surface area (Å²) >= 11 is 0. The smallest absolute Gasteiger partial charge is 0.350 e. The minimum Gasteiger partial charge on any atom is -0.350 e. The number of rotatable bonds is 4. The SMILES string of the molecule is O=C1CC[C@H](/C=C(\c2ccc(F)c(C(F)(F)F)c2)c2ccc(C3CC3)c(=O)[nH]2)N1. The maximum absolute atomic E-state index is 13.7. The maximum atomic E-state index is 13.7. The Labute approximate surface area is 163 Å². The minimum atomic E-state index is -4.85. The largest absolute Gasteiger partial charge is 0.419 e. The quantitative estimate of drug-likeness (QED) is 0.751. The van der Waals surface area contributed by atoms with E-state index in [1.54, 1.807) is 18.2 Å². The predicted molar refractivity (Wildman–Crippen MR) is 98.7 cm³/mol. The number of carbonyl (C=O) groups excluding carboxylic acids is 1. The molecule has 4 nitrogen and oxygen atoms in total. The highest BCUT2D eigenvalue weighted by molar-refractivity contribution is 5.82. The maximum Gasteiger partial charge on any atom is 0.419 e. The van der Waals surface area contributed by atoms with Crippen LogP contribution in [-0.2, 0) is 11.0 Å². The number of hydrogen-bond donors (Lipinski definition) is 2. The van der Waals surface area contributed by atoms with Crippen LogP contribution in [0.15, 0.2) is 41.2 Å². The third-order valence-corrected chi connectivity index (χ3v) is 5.23. The van der Waals surface area contributed by atoms with E-state index in [-0.39, 0.29) is 29.0 Å². The molecule has 2 aliphatic rings. The zero-order chi connectivity index (χ0) is 20.8. The van der Waals surface area contributed by atoms with Crippen LogP contribution in [-0.4, -0.2) is 16.9 Å². The standard InChI is InChI=1S/C21H18F4N2O2/c22-17-6-3-12(9-16(17)21(23,24)25)15(10-13-4-8-19(28)26-13)18-7-5-14(11-1-2-11)20(29)27-18/h3,5-7,9-11,13H,1-2,4,8H2,(H,26,28)(H,27,29)/b15-10+/t13-/m1/s1. The van der Waals surface area contributed by atoms with Crippen LogP contribution in [0.5, 0.6) is 0 Å². The van der Waals surface area contributed by atoms with E-state index in [1.807, 2.05) is 0 Å². The molecule has 1 saturated heterocycles. The van der Waals surface area contributed by atoms with E-state index in [1.165, 1.54) is 6.07 Å². The number of aromatic amines is 1. The highest BCUT2D eigenvalue weighted by Gasteiger charge is 2.34. The Hall–Kier alpha value is -2.90. The number of halogens is 4. The molecule has 8 heteroatoms. The van der Waals surface area contributed by atoms with Crippen molar-refractivity contribution in [2.24, 2.45) is 0 Å². The van der Waals surface area contributed by atoms with Gasteiger partial charge in [-0.1, -0.05) is 18.2 Å². The predicted octanol–water partition coefficient (Wildman–Crippen LogP) is 4.12. The number of nitrogens with one attached hydrogen (secondary N) is 2. The molecule has 0 radical (unpaired) electrons. The Kier molecular flexibility index (Phi) is 4.80. The lowest BCUT2D eigenvalue weighted by Gasteiger charge is -2.15. The summed E-state index contributed by atoms with van der Waals surface area (Å²) in [5, 5.41) is 2.73. The molecule has 2 heterocycles. The van der Waals surface area contributed by atoms with Crippen molar-refractivity contribution in [2.75, 3.05) is 0 Å². The van der Waals surface area contributed by atoms with Crippen molar-refractivity contribution in [1.29, 1.82) is 0 Å². The molecule has 1 saturated carbocycles. The Bertz CT molecular complexity index is 1050. The van der Waals surface area contributed by atoms with Crippen LogP contribution in [0, 0.1) is 5.82 Å². The van der Waals surface area contributed by atoms with Gasteiger partial charge in [0.1, 0.15) is 5.82 Å². The molecule has 4 rings (SSSR count). The molecular formula is C21H18F4N2O2. The lowest BCUT2D eigenvalue weighted by molar-refractivity contribution is -0.140. The molecule has 1 aromatic heterocycles. The summed E-state index contributed by atoms with van der Waals surface area (Å²) in [6, 6.07) is 5.67. The number of carbonyl (C=O) groups is 1. The van der Waals surface area contributed by atoms with E-state index in [2.05, 4.69) is 10.3 Å². The zero-order valence-electron chi connectivity index (χ0n) is 15.3. The number of aromatic nitrogens is 1. The van der Waals surface area contributed by atoms with Crippen LogP contribution in [0.2, 0.25) is 0 Å². The van der Waals surface area contributed by atoms with Gasteiger partial charge in [-0.25, -0.2) is 4.39 Å². The third-order valence-electron chi connectivity index (χ3n) is 5.23. The Morgan fingerprint density at radius 3 is 2.41 bits per heavy atom. The lowest BCUT2D eigenvalue weighted by atomic mass is 9.96. The summed E-state index contributed by atoms with van der Waals surface area (Å²) in [6.07, 6.45) is -0.572. The number of pyridine rings is 1. The number of amides is 1. The summed E-state index contributed by atoms with van der Waals surface area (Å²) in [7, 11) is 0. The molecule has 2 aromatic rings. The first kappa shape index (κ1) is 19.4. The fourth-order valence-corrected chi connectivity index (χ4v) is 3.57. The molecule has 0 unspecified atom stereocenters. The summed E-state index contributed by atoms with van der Waals surface area (Å²) in [4.78, 5) is 26.7. The van der Waals surface area contributed by atoms with Crippen molar-refractivity contribution in [2.45, 2.75) is 43.8 Å². The second-order valence-corrected chi connectivity index (χ2v) is 7.42. The van der Waals surface area contributed by atoms with E-state index in [4.69, 9.17) is 0 Å². The van der Waals surface area contributed by atoms with Crippen LogP contribution in [0.25, 0.3) is 5.57 Å². The van der Waals surface area contributed by atoms with Crippen molar-refractivity contribution in [3.05, 3.63) is 75.0 Å². The van der Waals surface area contributed by atoms with Gasteiger partial charge in [0.15, 0.2) is 0 Å². The number of benzene rings is 1. The topological polar surface area (TPSA) is 62.0 Å². The summed E-state index contributed by atoms with van der Waals surface area (Å²) in [5.41, 5.74) is -0.285. The van der Waals surface area contributed by atoms with E-state index in [0.29, 0.717) is 29.7 Å². The second kappa shape index (κ2) is 7.17. The third kappa shape index (κ3) is 4.11. The van der Waals surface area contributed by atoms with Gasteiger partial charge in [-0.05, 0) is 48.9 Å². The summed E-state index contributed by atoms with van der Waals surface area (Å²) in [6.45, 7) is 0. The van der Waals surface area contributed by atoms with Crippen LogP contribution in [0.3, 0.4) is 0 Å². The Morgan fingerprint density at radius 2 is 1.83 bits per heavy atom. The van der Waals surface area contributed by atoms with Gasteiger partial charge < -0.3 is 10.3 Å². The van der Waals surface area contributed by atoms with Gasteiger partial charge in [-0.2, -0.15) is 13.2 Å². The average Bonchev–Trinajstić information content (AvgIpc) is 3.41. The van der Waals surface area contributed by atoms with Gasteiger partial charge in [0.05, 0.1) is 5.56 Å². The van der Waals surface area contributed by atoms with Crippen LogP contribution in [0.4, 0.5) is 17.6 Å². The van der Waals surface area contributed by atoms with Crippen molar-refractivity contribution in [1.82, 2.24) is 10.3 Å². The average molecular weight is 406 g/mol. The van der Waals surface area contributed by atoms with Gasteiger partial charge in [-0.15, -0.1) is 0 Å². The van der Waals surface area contributed by atoms with E-state index in [0.717, 1.165) is 25.0 Å². The fourth-order valence-electron chi connectivity index (χ4n) is 3.57.